The lowest BCUT2D eigenvalue weighted by Crippen LogP contribution is -2.33. The molecule has 10 nitrogen and oxygen atoms in total. The average Bonchev–Trinajstić information content (AvgIpc) is 3.14. The Balaban J connectivity index is 1.68. The summed E-state index contributed by atoms with van der Waals surface area (Å²) < 4.78 is 33.3. The van der Waals surface area contributed by atoms with E-state index in [1.54, 1.807) is 14.0 Å². The van der Waals surface area contributed by atoms with Gasteiger partial charge in [0.15, 0.2) is 0 Å². The van der Waals surface area contributed by atoms with E-state index in [1.165, 1.54) is 15.4 Å². The number of hydrogen-bond acceptors (Lipinski definition) is 7. The number of halogens is 1. The van der Waals surface area contributed by atoms with Crippen molar-refractivity contribution in [3.8, 4) is 0 Å². The summed E-state index contributed by atoms with van der Waals surface area (Å²) in [7, 11) is -2.06. The summed E-state index contributed by atoms with van der Waals surface area (Å²) in [6.45, 7) is 1.87. The van der Waals surface area contributed by atoms with Crippen molar-refractivity contribution in [2.24, 2.45) is 0 Å². The number of benzene rings is 1. The van der Waals surface area contributed by atoms with E-state index in [9.17, 15) is 19.3 Å². The Bertz CT molecular complexity index is 1060. The van der Waals surface area contributed by atoms with Crippen molar-refractivity contribution in [2.45, 2.75) is 38.4 Å². The summed E-state index contributed by atoms with van der Waals surface area (Å²) >= 11 is 3.32. The lowest BCUT2D eigenvalue weighted by Gasteiger charge is -2.28. The number of ether oxygens (including phenoxy) is 1. The molecule has 1 aliphatic heterocycles. The van der Waals surface area contributed by atoms with Gasteiger partial charge in [0.25, 0.3) is 5.56 Å². The van der Waals surface area contributed by atoms with E-state index in [-0.39, 0.29) is 19.6 Å². The van der Waals surface area contributed by atoms with Gasteiger partial charge in [-0.25, -0.2) is 14.0 Å². The summed E-state index contributed by atoms with van der Waals surface area (Å²) in [5, 5.41) is 11.0. The largest absolute Gasteiger partial charge is 0.408 e. The van der Waals surface area contributed by atoms with Crippen LogP contribution in [0.5, 0.6) is 0 Å². The fraction of sp³-hybridized carbons (Fsp3) is 0.500. The van der Waals surface area contributed by atoms with Gasteiger partial charge in [0.1, 0.15) is 12.3 Å². The Kier molecular flexibility index (Phi) is 8.62. The second-order valence-corrected chi connectivity index (χ2v) is 10.4. The van der Waals surface area contributed by atoms with Gasteiger partial charge in [-0.2, -0.15) is 0 Å². The molecule has 1 saturated heterocycles. The van der Waals surface area contributed by atoms with E-state index in [2.05, 4.69) is 20.9 Å². The zero-order valence-corrected chi connectivity index (χ0v) is 20.3. The first-order valence-electron chi connectivity index (χ1n) is 10.1. The van der Waals surface area contributed by atoms with Gasteiger partial charge in [-0.1, -0.05) is 46.3 Å². The molecule has 3 rings (SSSR count). The highest BCUT2D eigenvalue weighted by Gasteiger charge is 2.39. The molecule has 0 bridgehead atoms. The third-order valence-corrected chi connectivity index (χ3v) is 7.45. The molecule has 4 atom stereocenters. The van der Waals surface area contributed by atoms with Crippen LogP contribution < -0.4 is 11.2 Å². The highest BCUT2D eigenvalue weighted by atomic mass is 79.9. The van der Waals surface area contributed by atoms with Gasteiger partial charge in [-0.3, -0.25) is 23.4 Å². The minimum atomic E-state index is -3.69. The molecule has 2 N–H and O–H groups in total. The molecule has 1 aromatic carbocycles. The third kappa shape index (κ3) is 6.05. The molecular weight excluding hydrogens is 505 g/mol. The van der Waals surface area contributed by atoms with Crippen molar-refractivity contribution >= 4 is 23.7 Å². The predicted octanol–water partition coefficient (Wildman–Crippen LogP) is 2.16. The van der Waals surface area contributed by atoms with Gasteiger partial charge >= 0.3 is 13.4 Å². The number of aromatic amines is 1. The van der Waals surface area contributed by atoms with E-state index in [1.807, 2.05) is 30.3 Å². The van der Waals surface area contributed by atoms with Gasteiger partial charge in [0.05, 0.1) is 19.3 Å². The van der Waals surface area contributed by atoms with E-state index in [4.69, 9.17) is 13.8 Å². The van der Waals surface area contributed by atoms with E-state index < -0.39 is 37.4 Å². The fourth-order valence-corrected chi connectivity index (χ4v) is 5.48. The molecule has 32 heavy (non-hydrogen) atoms. The molecule has 176 valence electrons. The van der Waals surface area contributed by atoms with Gasteiger partial charge in [-0.15, -0.1) is 0 Å². The first-order chi connectivity index (χ1) is 15.2. The zero-order valence-electron chi connectivity index (χ0n) is 17.8. The maximum atomic E-state index is 13.5. The number of aromatic nitrogens is 2. The molecule has 1 aliphatic rings. The monoisotopic (exact) mass is 531 g/mol. The second-order valence-electron chi connectivity index (χ2n) is 7.50. The van der Waals surface area contributed by atoms with E-state index in [0.717, 1.165) is 5.56 Å². The van der Waals surface area contributed by atoms with Crippen LogP contribution in [0.25, 0.3) is 0 Å². The van der Waals surface area contributed by atoms with E-state index in [0.29, 0.717) is 17.4 Å². The number of nitrogens with one attached hydrogen (secondary N) is 1. The number of aliphatic hydroxyl groups is 1. The zero-order chi connectivity index (χ0) is 23.3. The van der Waals surface area contributed by atoms with E-state index >= 15 is 0 Å². The van der Waals surface area contributed by atoms with Gasteiger partial charge in [0.2, 0.25) is 0 Å². The van der Waals surface area contributed by atoms with Crippen LogP contribution >= 0.6 is 23.7 Å². The molecule has 1 unspecified atom stereocenters. The fourth-order valence-electron chi connectivity index (χ4n) is 3.21. The standard InChI is InChI=1S/C20H27BrN3O7P/c1-14-11-24(20(27)22-19(14)26)18-10-16(25)17(31-18)13-30-32(28,23(2)9-8-21)29-12-15-6-4-3-5-7-15/h3-7,11,16-18,25H,8-10,12-13H2,1-2H3,(H,22,26,27)/t16-,17+,18+,32?/m0/s1. The predicted molar refractivity (Wildman–Crippen MR) is 122 cm³/mol. The lowest BCUT2D eigenvalue weighted by molar-refractivity contribution is -0.0454. The first kappa shape index (κ1) is 25.0. The maximum absolute atomic E-state index is 13.5. The van der Waals surface area contributed by atoms with Crippen molar-refractivity contribution in [3.63, 3.8) is 0 Å². The Morgan fingerprint density at radius 2 is 2.03 bits per heavy atom. The molecular formula is C20H27BrN3O7P. The van der Waals surface area contributed by atoms with Crippen LogP contribution in [-0.4, -0.2) is 57.1 Å². The maximum Gasteiger partial charge on any atom is 0.408 e. The minimum Gasteiger partial charge on any atom is -0.390 e. The molecule has 0 amide bonds. The number of nitrogens with zero attached hydrogens (tertiary/aromatic N) is 2. The number of alkyl halides is 1. The quantitative estimate of drug-likeness (QED) is 0.353. The summed E-state index contributed by atoms with van der Waals surface area (Å²) in [5.74, 6) is 0. The number of H-pyrrole nitrogens is 1. The number of rotatable bonds is 10. The van der Waals surface area contributed by atoms with Gasteiger partial charge in [0, 0.05) is 30.1 Å². The summed E-state index contributed by atoms with van der Waals surface area (Å²) in [6.07, 6.45) is -1.06. The Labute approximate surface area is 193 Å². The smallest absolute Gasteiger partial charge is 0.390 e. The van der Waals surface area contributed by atoms with Crippen LogP contribution in [0.3, 0.4) is 0 Å². The molecule has 0 aliphatic carbocycles. The van der Waals surface area contributed by atoms with Crippen molar-refractivity contribution < 1.29 is 23.5 Å². The molecule has 0 radical (unpaired) electrons. The molecule has 2 aromatic rings. The molecule has 12 heteroatoms. The minimum absolute atomic E-state index is 0.0908. The van der Waals surface area contributed by atoms with Crippen LogP contribution in [0.4, 0.5) is 0 Å². The van der Waals surface area contributed by atoms with Crippen LogP contribution in [0.2, 0.25) is 0 Å². The SMILES string of the molecule is Cc1cn([C@H]2C[C@H](O)[C@@H](COP(=O)(OCc3ccccc3)N(C)CCBr)O2)c(=O)[nH]c1=O. The molecule has 2 heterocycles. The van der Waals surface area contributed by atoms with Gasteiger partial charge < -0.3 is 9.84 Å². The van der Waals surface area contributed by atoms with Crippen molar-refractivity contribution in [2.75, 3.05) is 25.5 Å². The normalized spacial score (nSPS) is 22.8. The average molecular weight is 532 g/mol. The summed E-state index contributed by atoms with van der Waals surface area (Å²) in [5.41, 5.74) is 0.0792. The molecule has 0 spiro atoms. The Hall–Kier alpha value is -1.59. The van der Waals surface area contributed by atoms with Crippen molar-refractivity contribution in [1.29, 1.82) is 0 Å². The van der Waals surface area contributed by atoms with Crippen LogP contribution in [0.1, 0.15) is 23.8 Å². The van der Waals surface area contributed by atoms with Crippen molar-refractivity contribution in [1.82, 2.24) is 14.2 Å². The lowest BCUT2D eigenvalue weighted by atomic mass is 10.2. The molecule has 1 fully saturated rings. The Morgan fingerprint density at radius 1 is 1.31 bits per heavy atom. The Morgan fingerprint density at radius 3 is 2.72 bits per heavy atom. The number of hydrogen-bond donors (Lipinski definition) is 2. The first-order valence-corrected chi connectivity index (χ1v) is 12.7. The second kappa shape index (κ2) is 11.0. The van der Waals surface area contributed by atoms with Crippen LogP contribution in [0, 0.1) is 6.92 Å². The number of aliphatic hydroxyl groups excluding tert-OH is 1. The third-order valence-electron chi connectivity index (χ3n) is 5.13. The summed E-state index contributed by atoms with van der Waals surface area (Å²) in [6, 6.07) is 9.30. The highest BCUT2D eigenvalue weighted by Crippen LogP contribution is 2.52. The number of aryl methyl sites for hydroxylation is 1. The highest BCUT2D eigenvalue weighted by molar-refractivity contribution is 9.09. The van der Waals surface area contributed by atoms with Crippen LogP contribution in [0.15, 0.2) is 46.1 Å². The summed E-state index contributed by atoms with van der Waals surface area (Å²) in [4.78, 5) is 25.9. The topological polar surface area (TPSA) is 123 Å². The van der Waals surface area contributed by atoms with Crippen molar-refractivity contribution in [3.05, 3.63) is 68.5 Å². The van der Waals surface area contributed by atoms with Crippen LogP contribution in [-0.2, 0) is 25.0 Å². The van der Waals surface area contributed by atoms with Gasteiger partial charge in [-0.05, 0) is 19.5 Å². The molecule has 0 saturated carbocycles. The molecule has 1 aromatic heterocycles.